The molecule has 82 valence electrons. The molecule has 5 N–H and O–H groups in total. The van der Waals surface area contributed by atoms with Crippen molar-refractivity contribution in [3.05, 3.63) is 0 Å². The molecule has 0 radical (unpaired) electrons. The molecule has 0 fully saturated rings. The highest BCUT2D eigenvalue weighted by Crippen LogP contribution is 2.22. The van der Waals surface area contributed by atoms with Crippen LogP contribution in [0.25, 0.3) is 0 Å². The fourth-order valence-corrected chi connectivity index (χ4v) is 2.53. The zero-order chi connectivity index (χ0) is 11.1. The number of rotatable bonds is 7. The van der Waals surface area contributed by atoms with Gasteiger partial charge in [-0.1, -0.05) is 21.6 Å². The van der Waals surface area contributed by atoms with Crippen molar-refractivity contribution in [1.82, 2.24) is 0 Å². The van der Waals surface area contributed by atoms with Gasteiger partial charge in [-0.25, -0.2) is 4.79 Å². The number of carboxylic acid groups (broad SMARTS) is 2. The molecule has 0 aliphatic heterocycles. The second kappa shape index (κ2) is 6.93. The molecule has 0 aliphatic rings. The van der Waals surface area contributed by atoms with Crippen LogP contribution in [0.15, 0.2) is 0 Å². The predicted octanol–water partition coefficient (Wildman–Crippen LogP) is -0.775. The number of hydrogen-bond donors (Lipinski definition) is 4. The minimum absolute atomic E-state index is 0.00629. The van der Waals surface area contributed by atoms with E-state index in [9.17, 15) is 9.59 Å². The summed E-state index contributed by atoms with van der Waals surface area (Å²) in [7, 11) is 2.20. The first-order valence-electron chi connectivity index (χ1n) is 3.58. The summed E-state index contributed by atoms with van der Waals surface area (Å²) < 4.78 is 0. The van der Waals surface area contributed by atoms with Gasteiger partial charge in [0, 0.05) is 11.5 Å². The molecule has 8 heteroatoms. The first-order valence-corrected chi connectivity index (χ1v) is 6.07. The van der Waals surface area contributed by atoms with Gasteiger partial charge >= 0.3 is 11.9 Å². The van der Waals surface area contributed by atoms with Gasteiger partial charge < -0.3 is 21.1 Å². The Morgan fingerprint density at radius 1 is 1.14 bits per heavy atom. The van der Waals surface area contributed by atoms with Crippen molar-refractivity contribution in [2.24, 2.45) is 5.73 Å². The largest absolute Gasteiger partial charge is 0.480 e. The standard InChI is InChI=1S/C6H11NO5S2/c7-3(5(9)10)1-13-14-2-4(8)6(11)12/h3-4,8H,1-2,7H2,(H,9,10)(H,11,12)/t3-,4?/m0/s1. The number of hydrogen-bond acceptors (Lipinski definition) is 6. The van der Waals surface area contributed by atoms with E-state index in [1.54, 1.807) is 0 Å². The van der Waals surface area contributed by atoms with E-state index in [2.05, 4.69) is 0 Å². The molecule has 2 atom stereocenters. The van der Waals surface area contributed by atoms with E-state index in [1.807, 2.05) is 0 Å². The lowest BCUT2D eigenvalue weighted by atomic mass is 10.4. The quantitative estimate of drug-likeness (QED) is 0.338. The zero-order valence-electron chi connectivity index (χ0n) is 7.12. The van der Waals surface area contributed by atoms with E-state index in [0.717, 1.165) is 21.6 Å². The SMILES string of the molecule is N[C@@H](CSSCC(O)C(=O)O)C(=O)O. The number of aliphatic hydroxyl groups excluding tert-OH is 1. The number of aliphatic carboxylic acids is 2. The van der Waals surface area contributed by atoms with E-state index in [0.29, 0.717) is 0 Å². The van der Waals surface area contributed by atoms with E-state index in [-0.39, 0.29) is 11.5 Å². The van der Waals surface area contributed by atoms with Crippen molar-refractivity contribution < 1.29 is 24.9 Å². The minimum Gasteiger partial charge on any atom is -0.480 e. The average Bonchev–Trinajstić information content (AvgIpc) is 2.11. The van der Waals surface area contributed by atoms with Crippen LogP contribution in [0.1, 0.15) is 0 Å². The normalized spacial score (nSPS) is 14.7. The molecule has 6 nitrogen and oxygen atoms in total. The van der Waals surface area contributed by atoms with Gasteiger partial charge in [0.25, 0.3) is 0 Å². The molecule has 0 aromatic carbocycles. The summed E-state index contributed by atoms with van der Waals surface area (Å²) in [6, 6.07) is -0.963. The molecule has 0 heterocycles. The Bertz CT molecular complexity index is 190. The fraction of sp³-hybridized carbons (Fsp3) is 0.667. The average molecular weight is 241 g/mol. The van der Waals surface area contributed by atoms with E-state index >= 15 is 0 Å². The number of carbonyl (C=O) groups is 2. The topological polar surface area (TPSA) is 121 Å². The molecular formula is C6H11NO5S2. The van der Waals surface area contributed by atoms with Gasteiger partial charge in [-0.15, -0.1) is 0 Å². The molecular weight excluding hydrogens is 230 g/mol. The maximum atomic E-state index is 10.2. The Balaban J connectivity index is 3.47. The Kier molecular flexibility index (Phi) is 6.71. The van der Waals surface area contributed by atoms with Crippen LogP contribution >= 0.6 is 21.6 Å². The van der Waals surface area contributed by atoms with Gasteiger partial charge in [-0.2, -0.15) is 0 Å². The van der Waals surface area contributed by atoms with Gasteiger partial charge in [0.2, 0.25) is 0 Å². The van der Waals surface area contributed by atoms with Crippen LogP contribution in [0.5, 0.6) is 0 Å². The number of carboxylic acids is 2. The van der Waals surface area contributed by atoms with Crippen LogP contribution in [0.2, 0.25) is 0 Å². The van der Waals surface area contributed by atoms with E-state index < -0.39 is 24.1 Å². The van der Waals surface area contributed by atoms with Crippen molar-refractivity contribution in [3.8, 4) is 0 Å². The van der Waals surface area contributed by atoms with Crippen LogP contribution in [0.4, 0.5) is 0 Å². The summed E-state index contributed by atoms with van der Waals surface area (Å²) in [5.41, 5.74) is 5.18. The molecule has 14 heavy (non-hydrogen) atoms. The maximum Gasteiger partial charge on any atom is 0.333 e. The maximum absolute atomic E-state index is 10.2. The van der Waals surface area contributed by atoms with E-state index in [4.69, 9.17) is 21.1 Å². The molecule has 0 amide bonds. The fourth-order valence-electron chi connectivity index (χ4n) is 0.377. The van der Waals surface area contributed by atoms with Crippen LogP contribution in [0.3, 0.4) is 0 Å². The molecule has 0 saturated carbocycles. The van der Waals surface area contributed by atoms with Gasteiger partial charge in [-0.05, 0) is 0 Å². The highest BCUT2D eigenvalue weighted by molar-refractivity contribution is 8.76. The van der Waals surface area contributed by atoms with Gasteiger partial charge in [0.15, 0.2) is 6.10 Å². The van der Waals surface area contributed by atoms with Crippen LogP contribution in [-0.4, -0.2) is 50.9 Å². The lowest BCUT2D eigenvalue weighted by Crippen LogP contribution is -2.32. The van der Waals surface area contributed by atoms with Gasteiger partial charge in [-0.3, -0.25) is 4.79 Å². The van der Waals surface area contributed by atoms with E-state index in [1.165, 1.54) is 0 Å². The third-order valence-electron chi connectivity index (χ3n) is 1.16. The van der Waals surface area contributed by atoms with Crippen molar-refractivity contribution >= 4 is 33.5 Å². The highest BCUT2D eigenvalue weighted by atomic mass is 33.1. The summed E-state index contributed by atoms with van der Waals surface area (Å²) in [5.74, 6) is -2.21. The summed E-state index contributed by atoms with van der Waals surface area (Å²) in [5, 5.41) is 25.5. The molecule has 0 saturated heterocycles. The summed E-state index contributed by atoms with van der Waals surface area (Å²) in [6.45, 7) is 0. The molecule has 0 bridgehead atoms. The molecule has 0 aromatic rings. The van der Waals surface area contributed by atoms with Crippen LogP contribution in [0, 0.1) is 0 Å². The first kappa shape index (κ1) is 13.6. The third-order valence-corrected chi connectivity index (χ3v) is 3.59. The van der Waals surface area contributed by atoms with Crippen molar-refractivity contribution in [2.45, 2.75) is 12.1 Å². The molecule has 0 rings (SSSR count). The Morgan fingerprint density at radius 3 is 2.07 bits per heavy atom. The lowest BCUT2D eigenvalue weighted by molar-refractivity contribution is -0.145. The Morgan fingerprint density at radius 2 is 1.64 bits per heavy atom. The van der Waals surface area contributed by atoms with Crippen LogP contribution in [-0.2, 0) is 9.59 Å². The van der Waals surface area contributed by atoms with Crippen molar-refractivity contribution in [1.29, 1.82) is 0 Å². The summed E-state index contributed by atoms with van der Waals surface area (Å²) >= 11 is 0. The predicted molar refractivity (Wildman–Crippen MR) is 54.2 cm³/mol. The first-order chi connectivity index (χ1) is 6.45. The lowest BCUT2D eigenvalue weighted by Gasteiger charge is -2.06. The van der Waals surface area contributed by atoms with Gasteiger partial charge in [0.1, 0.15) is 6.04 Å². The highest BCUT2D eigenvalue weighted by Gasteiger charge is 2.15. The smallest absolute Gasteiger partial charge is 0.333 e. The molecule has 0 aliphatic carbocycles. The Hall–Kier alpha value is -0.440. The molecule has 1 unspecified atom stereocenters. The molecule has 0 spiro atoms. The minimum atomic E-state index is -1.42. The second-order valence-corrected chi connectivity index (χ2v) is 4.92. The third kappa shape index (κ3) is 6.08. The van der Waals surface area contributed by atoms with Crippen molar-refractivity contribution in [3.63, 3.8) is 0 Å². The Labute approximate surface area is 88.3 Å². The number of nitrogens with two attached hydrogens (primary N) is 1. The van der Waals surface area contributed by atoms with Gasteiger partial charge in [0.05, 0.1) is 0 Å². The molecule has 0 aromatic heterocycles. The van der Waals surface area contributed by atoms with Crippen molar-refractivity contribution in [2.75, 3.05) is 11.5 Å². The summed E-state index contributed by atoms with van der Waals surface area (Å²) in [6.07, 6.45) is -1.42. The number of aliphatic hydroxyl groups is 1. The monoisotopic (exact) mass is 241 g/mol. The van der Waals surface area contributed by atoms with Crippen LogP contribution < -0.4 is 5.73 Å². The second-order valence-electron chi connectivity index (χ2n) is 2.37. The summed E-state index contributed by atoms with van der Waals surface area (Å²) in [4.78, 5) is 20.4. The zero-order valence-corrected chi connectivity index (χ0v) is 8.75.